The smallest absolute Gasteiger partial charge is 0.299 e. The van der Waals surface area contributed by atoms with Crippen LogP contribution in [0.2, 0.25) is 0 Å². The van der Waals surface area contributed by atoms with E-state index in [2.05, 4.69) is 41.1 Å². The molecule has 358 valence electrons. The maximum Gasteiger partial charge on any atom is 0.299 e. The SMILES string of the molecule is CC(=NCC12CC3(C)CC(C)(C1)CC(OCCN(C)CCCCCCOCCC(=O)I)(C3)C2)/C(=C\N)C1=CC=C(N2CCC/C(=C(C)/C(N)=N\c3nc4ccccc4s3)C2=N)NC1=C(O)O. The molecule has 0 amide bonds. The van der Waals surface area contributed by atoms with Crippen LogP contribution in [-0.2, 0) is 14.3 Å². The Balaban J connectivity index is 0.990. The number of carbonyl (C=O) groups excluding carboxylic acids is 1. The third-order valence-electron chi connectivity index (χ3n) is 14.2. The number of para-hydroxylation sites is 1. The highest BCUT2D eigenvalue weighted by Gasteiger charge is 2.66. The first kappa shape index (κ1) is 49.8. The van der Waals surface area contributed by atoms with Crippen LogP contribution in [0.25, 0.3) is 10.2 Å². The summed E-state index contributed by atoms with van der Waals surface area (Å²) in [4.78, 5) is 29.8. The Morgan fingerprint density at radius 2 is 1.77 bits per heavy atom. The third kappa shape index (κ3) is 11.8. The number of aliphatic imine (C=N–C) groups is 2. The molecule has 2 aromatic rings. The molecular weight excluding hydrogens is 966 g/mol. The molecule has 3 heterocycles. The van der Waals surface area contributed by atoms with Crippen molar-refractivity contribution in [3.63, 3.8) is 0 Å². The number of aliphatic hydroxyl groups excluding tert-OH is 1. The van der Waals surface area contributed by atoms with Crippen molar-refractivity contribution in [3.8, 4) is 0 Å². The van der Waals surface area contributed by atoms with Gasteiger partial charge in [0.25, 0.3) is 5.95 Å². The van der Waals surface area contributed by atoms with Crippen molar-refractivity contribution in [1.82, 2.24) is 20.1 Å². The van der Waals surface area contributed by atoms with E-state index in [1.54, 1.807) is 0 Å². The van der Waals surface area contributed by atoms with Crippen molar-refractivity contribution < 1.29 is 24.5 Å². The second-order valence-corrected chi connectivity index (χ2v) is 22.5. The number of ether oxygens (including phenoxy) is 2. The summed E-state index contributed by atoms with van der Waals surface area (Å²) in [5.74, 6) is 0.230. The van der Waals surface area contributed by atoms with Gasteiger partial charge in [0.2, 0.25) is 5.13 Å². The first-order valence-corrected chi connectivity index (χ1v) is 25.4. The lowest BCUT2D eigenvalue weighted by Crippen LogP contribution is -2.64. The number of unbranched alkanes of at least 4 members (excludes halogenated alkanes) is 3. The Labute approximate surface area is 408 Å². The number of dihydropyridines is 1. The fourth-order valence-corrected chi connectivity index (χ4v) is 13.4. The zero-order valence-electron chi connectivity index (χ0n) is 39.5. The number of hydrogen-bond acceptors (Lipinski definition) is 13. The van der Waals surface area contributed by atoms with Gasteiger partial charge in [-0.15, -0.1) is 0 Å². The summed E-state index contributed by atoms with van der Waals surface area (Å²) in [6.45, 7) is 13.8. The zero-order chi connectivity index (χ0) is 47.3. The molecule has 1 aromatic carbocycles. The summed E-state index contributed by atoms with van der Waals surface area (Å²) < 4.78 is 13.8. The Morgan fingerprint density at radius 1 is 1.03 bits per heavy atom. The van der Waals surface area contributed by atoms with Crippen LogP contribution in [0.15, 0.2) is 92.4 Å². The van der Waals surface area contributed by atoms with Crippen molar-refractivity contribution in [3.05, 3.63) is 82.4 Å². The van der Waals surface area contributed by atoms with Crippen LogP contribution < -0.4 is 16.8 Å². The van der Waals surface area contributed by atoms with Crippen LogP contribution >= 0.6 is 33.9 Å². The van der Waals surface area contributed by atoms with Crippen LogP contribution in [0.1, 0.15) is 111 Å². The number of amidine groups is 2. The minimum atomic E-state index is -0.878. The average Bonchev–Trinajstić information content (AvgIpc) is 3.66. The van der Waals surface area contributed by atoms with Gasteiger partial charge < -0.3 is 46.3 Å². The van der Waals surface area contributed by atoms with Gasteiger partial charge in [-0.1, -0.05) is 50.2 Å². The van der Waals surface area contributed by atoms with Gasteiger partial charge in [0.05, 0.1) is 29.0 Å². The Hall–Kier alpha value is -4.10. The number of thiazole rings is 1. The number of nitrogens with zero attached hydrogens (tertiary/aromatic N) is 5. The second-order valence-electron chi connectivity index (χ2n) is 20.3. The van der Waals surface area contributed by atoms with Crippen molar-refractivity contribution in [1.29, 1.82) is 5.41 Å². The molecule has 4 aliphatic carbocycles. The topological polar surface area (TPSA) is 208 Å². The first-order chi connectivity index (χ1) is 31.4. The number of piperidine rings is 1. The number of halogens is 1. The minimum Gasteiger partial charge on any atom is -0.480 e. The van der Waals surface area contributed by atoms with Gasteiger partial charge in [-0.05, 0) is 160 Å². The van der Waals surface area contributed by atoms with E-state index in [1.165, 1.54) is 24.0 Å². The fraction of sp³-hybridized carbons (Fsp3) is 0.580. The van der Waals surface area contributed by atoms with Gasteiger partial charge in [0.1, 0.15) is 23.2 Å². The summed E-state index contributed by atoms with van der Waals surface area (Å²) in [6, 6.07) is 7.86. The lowest BCUT2D eigenvalue weighted by molar-refractivity contribution is -0.242. The van der Waals surface area contributed by atoms with Gasteiger partial charge in [-0.25, -0.2) is 9.98 Å². The van der Waals surface area contributed by atoms with E-state index in [-0.39, 0.29) is 37.2 Å². The molecule has 0 radical (unpaired) electrons. The number of fused-ring (bicyclic) bond motifs is 1. The van der Waals surface area contributed by atoms with E-state index in [0.717, 1.165) is 105 Å². The van der Waals surface area contributed by atoms with Crippen molar-refractivity contribution >= 4 is 70.4 Å². The van der Waals surface area contributed by atoms with Gasteiger partial charge in [0, 0.05) is 61.3 Å². The molecule has 2 atom stereocenters. The largest absolute Gasteiger partial charge is 0.480 e. The molecule has 2 aliphatic heterocycles. The maximum atomic E-state index is 11.1. The van der Waals surface area contributed by atoms with E-state index in [0.29, 0.717) is 72.7 Å². The molecule has 66 heavy (non-hydrogen) atoms. The summed E-state index contributed by atoms with van der Waals surface area (Å²) in [7, 11) is 2.19. The minimum absolute atomic E-state index is 0.00887. The Kier molecular flexibility index (Phi) is 15.9. The van der Waals surface area contributed by atoms with E-state index in [9.17, 15) is 20.4 Å². The van der Waals surface area contributed by atoms with E-state index in [1.807, 2.05) is 77.8 Å². The van der Waals surface area contributed by atoms with E-state index < -0.39 is 5.95 Å². The monoisotopic (exact) mass is 1040 g/mol. The van der Waals surface area contributed by atoms with E-state index >= 15 is 0 Å². The summed E-state index contributed by atoms with van der Waals surface area (Å²) >= 11 is 3.28. The quantitative estimate of drug-likeness (QED) is 0.0173. The van der Waals surface area contributed by atoms with Crippen LogP contribution in [-0.4, -0.2) is 105 Å². The number of aliphatic hydroxyl groups is 2. The number of allylic oxidation sites excluding steroid dienone is 3. The average molecular weight is 1040 g/mol. The van der Waals surface area contributed by atoms with Gasteiger partial charge >= 0.3 is 0 Å². The fourth-order valence-electron chi connectivity index (χ4n) is 12.4. The maximum absolute atomic E-state index is 11.1. The molecule has 0 spiro atoms. The summed E-state index contributed by atoms with van der Waals surface area (Å²) in [5.41, 5.74) is 17.3. The molecule has 2 unspecified atom stereocenters. The molecule has 8 N–H and O–H groups in total. The van der Waals surface area contributed by atoms with Gasteiger partial charge in [0.15, 0.2) is 3.79 Å². The molecule has 6 aliphatic rings. The molecule has 4 saturated carbocycles. The molecule has 16 heteroatoms. The highest BCUT2D eigenvalue weighted by atomic mass is 127. The second kappa shape index (κ2) is 21.0. The number of likely N-dealkylation sites (N-methyl/N-ethyl adjacent to an activating group) is 1. The lowest BCUT2D eigenvalue weighted by Gasteiger charge is -2.69. The van der Waals surface area contributed by atoms with Crippen LogP contribution in [0, 0.1) is 21.7 Å². The predicted molar refractivity (Wildman–Crippen MR) is 275 cm³/mol. The number of benzene rings is 1. The molecule has 8 rings (SSSR count). The first-order valence-electron chi connectivity index (χ1n) is 23.5. The number of likely N-dealkylation sites (tertiary alicyclic amines) is 1. The summed E-state index contributed by atoms with van der Waals surface area (Å²) in [5, 5.41) is 34.4. The number of rotatable bonds is 21. The Morgan fingerprint density at radius 3 is 2.48 bits per heavy atom. The number of hydrogen-bond donors (Lipinski definition) is 6. The molecule has 1 saturated heterocycles. The number of nitrogens with two attached hydrogens (primary N) is 2. The van der Waals surface area contributed by atoms with Gasteiger partial charge in [-0.3, -0.25) is 15.2 Å². The number of aromatic nitrogens is 1. The molecule has 1 aromatic heterocycles. The highest BCUT2D eigenvalue weighted by Crippen LogP contribution is 2.71. The van der Waals surface area contributed by atoms with Crippen molar-refractivity contribution in [2.24, 2.45) is 37.7 Å². The number of carbonyl (C=O) groups is 1. The Bertz CT molecular complexity index is 2330. The van der Waals surface area contributed by atoms with Crippen molar-refractivity contribution in [2.45, 2.75) is 117 Å². The van der Waals surface area contributed by atoms with Crippen molar-refractivity contribution in [2.75, 3.05) is 53.0 Å². The van der Waals surface area contributed by atoms with Crippen LogP contribution in [0.5, 0.6) is 0 Å². The third-order valence-corrected chi connectivity index (χ3v) is 15.7. The zero-order valence-corrected chi connectivity index (χ0v) is 42.5. The predicted octanol–water partition coefficient (Wildman–Crippen LogP) is 9.63. The summed E-state index contributed by atoms with van der Waals surface area (Å²) in [6.07, 6.45) is 18.1. The molecule has 14 nitrogen and oxygen atoms in total. The molecular formula is C50H70IN9O5S. The van der Waals surface area contributed by atoms with Crippen LogP contribution in [0.3, 0.4) is 0 Å². The standard InChI is InChI=1S/C50H70IN9O5S/c1-33(43(53)58-46-56-38-14-8-9-15-39(38)66-46)35-13-12-20-60(44(35)54)41-17-16-36(42(57-41)45(62)63)37(25-52)34(2)55-32-49-27-47(3)26-48(4,28-49)30-50(29-47,31-49)65-24-21-59(5)19-10-6-7-11-22-64-23-18-40(51)61/h8-9,14-17,25,54,57,62-63H,6-7,10-13,18-24,26-32,52H2,1-5H3,(H2,53,56,58)/b35-33-,37-25+,54-44?,55-34?. The van der Waals surface area contributed by atoms with E-state index in [4.69, 9.17) is 25.9 Å². The highest BCUT2D eigenvalue weighted by molar-refractivity contribution is 14.1. The molecule has 4 bridgehead atoms. The van der Waals surface area contributed by atoms with Gasteiger partial charge in [-0.2, -0.15) is 0 Å². The number of nitrogens with one attached hydrogen (secondary N) is 2. The normalized spacial score (nSPS) is 27.7. The lowest BCUT2D eigenvalue weighted by atomic mass is 9.39. The van der Waals surface area contributed by atoms with Crippen LogP contribution in [0.4, 0.5) is 5.13 Å². The molecule has 5 fully saturated rings.